The lowest BCUT2D eigenvalue weighted by atomic mass is 9.81. The molecular weight excluding hydrogens is 749 g/mol. The van der Waals surface area contributed by atoms with Crippen molar-refractivity contribution >= 4 is 83.0 Å². The van der Waals surface area contributed by atoms with Gasteiger partial charge in [-0.1, -0.05) is 170 Å². The number of allylic oxidation sites excluding steroid dienone is 8. The van der Waals surface area contributed by atoms with Crippen LogP contribution < -0.4 is 5.73 Å². The van der Waals surface area contributed by atoms with Crippen molar-refractivity contribution in [1.82, 2.24) is 4.57 Å². The maximum Gasteiger partial charge on any atom is 0.0575 e. The van der Waals surface area contributed by atoms with E-state index >= 15 is 0 Å². The zero-order valence-electron chi connectivity index (χ0n) is 35.2. The van der Waals surface area contributed by atoms with Crippen LogP contribution in [0, 0.1) is 0 Å². The molecule has 0 fully saturated rings. The second kappa shape index (κ2) is 15.6. The molecule has 2 heteroatoms. The summed E-state index contributed by atoms with van der Waals surface area (Å²) in [5, 5.41) is 11.5. The smallest absolute Gasteiger partial charge is 0.0575 e. The molecule has 2 aliphatic carbocycles. The fourth-order valence-corrected chi connectivity index (χ4v) is 10.7. The Balaban J connectivity index is 1.13. The molecule has 2 aliphatic rings. The van der Waals surface area contributed by atoms with E-state index in [1.165, 1.54) is 110 Å². The van der Waals surface area contributed by atoms with Gasteiger partial charge in [0.1, 0.15) is 0 Å². The lowest BCUT2D eigenvalue weighted by Gasteiger charge is -2.23. The SMILES string of the molecule is C=C/C=C\Cc1c2ccccc2c(C2=Cc3c(c4ccc5c(c4n3-c3ccccc3)CCC(c3c4ccccc4c(/C(N)=C/C=C\C)c4ccccc34)=C5)CC2)c2ccccc12. The first-order valence-corrected chi connectivity index (χ1v) is 22.0. The quantitative estimate of drug-likeness (QED) is 0.120. The maximum absolute atomic E-state index is 6.86. The third kappa shape index (κ3) is 6.01. The molecule has 0 atom stereocenters. The number of aromatic nitrogens is 1. The molecular formula is C60H48N2. The van der Waals surface area contributed by atoms with Crippen LogP contribution in [-0.2, 0) is 19.3 Å². The summed E-state index contributed by atoms with van der Waals surface area (Å²) in [5.74, 6) is 0. The van der Waals surface area contributed by atoms with Gasteiger partial charge in [0.05, 0.1) is 11.2 Å². The van der Waals surface area contributed by atoms with Crippen molar-refractivity contribution in [3.63, 3.8) is 0 Å². The summed E-state index contributed by atoms with van der Waals surface area (Å²) in [4.78, 5) is 0. The number of nitrogens with zero attached hydrogens (tertiary/aromatic N) is 1. The van der Waals surface area contributed by atoms with Crippen molar-refractivity contribution in [2.24, 2.45) is 5.73 Å². The lowest BCUT2D eigenvalue weighted by Crippen LogP contribution is -2.06. The largest absolute Gasteiger partial charge is 0.398 e. The zero-order valence-corrected chi connectivity index (χ0v) is 35.2. The molecule has 9 aromatic rings. The molecule has 2 N–H and O–H groups in total. The minimum Gasteiger partial charge on any atom is -0.398 e. The molecule has 0 bridgehead atoms. The molecule has 0 saturated heterocycles. The fraction of sp³-hybridized carbons (Fsp3) is 0.100. The summed E-state index contributed by atoms with van der Waals surface area (Å²) in [6.45, 7) is 5.95. The van der Waals surface area contributed by atoms with Crippen LogP contribution in [0.2, 0.25) is 0 Å². The van der Waals surface area contributed by atoms with E-state index in [4.69, 9.17) is 5.73 Å². The summed E-state index contributed by atoms with van der Waals surface area (Å²) in [5.41, 5.74) is 23.6. The second-order valence-corrected chi connectivity index (χ2v) is 16.7. The first kappa shape index (κ1) is 37.6. The monoisotopic (exact) mass is 796 g/mol. The Bertz CT molecular complexity index is 3340. The van der Waals surface area contributed by atoms with Crippen LogP contribution in [0.25, 0.3) is 88.7 Å². The lowest BCUT2D eigenvalue weighted by molar-refractivity contribution is 0.971. The van der Waals surface area contributed by atoms with Gasteiger partial charge in [0, 0.05) is 22.3 Å². The van der Waals surface area contributed by atoms with Crippen LogP contribution in [0.15, 0.2) is 183 Å². The van der Waals surface area contributed by atoms with E-state index in [-0.39, 0.29) is 0 Å². The number of hydrogen-bond acceptors (Lipinski definition) is 1. The summed E-state index contributed by atoms with van der Waals surface area (Å²) in [6, 6.07) is 51.5. The standard InChI is InChI=1S/C60H48N2/c1-3-5-8-21-44-45-22-11-13-24-48(45)58(49-25-14-12-23-46(44)49)41-33-35-47-54-36-31-39-37-40(32-34-43(39)60(54)62(56(47)38-41)42-19-9-7-10-20-42)57-50-26-15-17-28-52(50)59(55(61)30-6-4-2)53-29-18-16-27-51(53)57/h3-20,22-31,36-38H,1,21,32-35,61H2,2H3/b6-4-,8-5-,55-30-. The van der Waals surface area contributed by atoms with Gasteiger partial charge in [-0.25, -0.2) is 0 Å². The van der Waals surface area contributed by atoms with Crippen molar-refractivity contribution in [2.45, 2.75) is 39.0 Å². The molecule has 0 saturated carbocycles. The number of hydrogen-bond donors (Lipinski definition) is 1. The Hall–Kier alpha value is -7.42. The van der Waals surface area contributed by atoms with Gasteiger partial charge in [-0.15, -0.1) is 0 Å². The molecule has 11 rings (SSSR count). The Morgan fingerprint density at radius 1 is 0.565 bits per heavy atom. The van der Waals surface area contributed by atoms with Crippen molar-refractivity contribution in [3.05, 3.63) is 227 Å². The van der Waals surface area contributed by atoms with E-state index in [0.29, 0.717) is 0 Å². The second-order valence-electron chi connectivity index (χ2n) is 16.7. The molecule has 1 aromatic heterocycles. The average Bonchev–Trinajstić information content (AvgIpc) is 3.66. The minimum atomic E-state index is 0.783. The number of rotatable bonds is 8. The van der Waals surface area contributed by atoms with Crippen LogP contribution in [-0.4, -0.2) is 4.57 Å². The van der Waals surface area contributed by atoms with Crippen molar-refractivity contribution in [2.75, 3.05) is 0 Å². The Kier molecular flexibility index (Phi) is 9.43. The molecule has 62 heavy (non-hydrogen) atoms. The third-order valence-corrected chi connectivity index (χ3v) is 13.3. The van der Waals surface area contributed by atoms with Crippen LogP contribution in [0.5, 0.6) is 0 Å². The van der Waals surface area contributed by atoms with Gasteiger partial charge in [0.25, 0.3) is 0 Å². The van der Waals surface area contributed by atoms with Gasteiger partial charge in [-0.05, 0) is 151 Å². The van der Waals surface area contributed by atoms with E-state index in [0.717, 1.165) is 43.4 Å². The third-order valence-electron chi connectivity index (χ3n) is 13.3. The highest BCUT2D eigenvalue weighted by atomic mass is 15.0. The number of nitrogens with two attached hydrogens (primary N) is 1. The van der Waals surface area contributed by atoms with Crippen molar-refractivity contribution in [1.29, 1.82) is 0 Å². The number of fused-ring (bicyclic) bond motifs is 9. The summed E-state index contributed by atoms with van der Waals surface area (Å²) in [7, 11) is 0. The van der Waals surface area contributed by atoms with Crippen molar-refractivity contribution in [3.8, 4) is 5.69 Å². The van der Waals surface area contributed by atoms with Crippen LogP contribution in [0.3, 0.4) is 0 Å². The molecule has 0 unspecified atom stereocenters. The van der Waals surface area contributed by atoms with Gasteiger partial charge >= 0.3 is 0 Å². The van der Waals surface area contributed by atoms with E-state index in [1.54, 1.807) is 0 Å². The molecule has 0 aliphatic heterocycles. The highest BCUT2D eigenvalue weighted by molar-refractivity contribution is 6.18. The minimum absolute atomic E-state index is 0.783. The fourth-order valence-electron chi connectivity index (χ4n) is 10.7. The van der Waals surface area contributed by atoms with Crippen LogP contribution >= 0.6 is 0 Å². The zero-order chi connectivity index (χ0) is 41.7. The predicted octanol–water partition coefficient (Wildman–Crippen LogP) is 15.4. The summed E-state index contributed by atoms with van der Waals surface area (Å²) < 4.78 is 2.58. The predicted molar refractivity (Wildman–Crippen MR) is 269 cm³/mol. The van der Waals surface area contributed by atoms with Gasteiger partial charge in [0.15, 0.2) is 0 Å². The Morgan fingerprint density at radius 3 is 1.69 bits per heavy atom. The van der Waals surface area contributed by atoms with Crippen LogP contribution in [0.1, 0.15) is 64.4 Å². The van der Waals surface area contributed by atoms with Gasteiger partial charge in [-0.2, -0.15) is 0 Å². The molecule has 2 nitrogen and oxygen atoms in total. The molecule has 0 amide bonds. The van der Waals surface area contributed by atoms with Gasteiger partial charge < -0.3 is 10.3 Å². The summed E-state index contributed by atoms with van der Waals surface area (Å²) in [6.07, 6.45) is 22.0. The number of para-hydroxylation sites is 1. The van der Waals surface area contributed by atoms with Gasteiger partial charge in [-0.3, -0.25) is 0 Å². The average molecular weight is 797 g/mol. The number of benzene rings is 8. The number of aryl methyl sites for hydroxylation is 2. The van der Waals surface area contributed by atoms with Crippen LogP contribution in [0.4, 0.5) is 0 Å². The highest BCUT2D eigenvalue weighted by Crippen LogP contribution is 2.47. The molecule has 298 valence electrons. The first-order valence-electron chi connectivity index (χ1n) is 22.0. The van der Waals surface area contributed by atoms with E-state index in [2.05, 4.69) is 175 Å². The summed E-state index contributed by atoms with van der Waals surface area (Å²) >= 11 is 0. The Labute approximate surface area is 363 Å². The van der Waals surface area contributed by atoms with E-state index < -0.39 is 0 Å². The van der Waals surface area contributed by atoms with Crippen molar-refractivity contribution < 1.29 is 0 Å². The molecule has 1 heterocycles. The Morgan fingerprint density at radius 2 is 1.10 bits per heavy atom. The molecule has 0 spiro atoms. The van der Waals surface area contributed by atoms with E-state index in [1.807, 2.05) is 31.2 Å². The van der Waals surface area contributed by atoms with Gasteiger partial charge in [0.2, 0.25) is 0 Å². The molecule has 0 radical (unpaired) electrons. The molecule has 8 aromatic carbocycles. The normalized spacial score (nSPS) is 14.3. The maximum atomic E-state index is 6.86. The topological polar surface area (TPSA) is 30.9 Å². The van der Waals surface area contributed by atoms with E-state index in [9.17, 15) is 0 Å². The highest BCUT2D eigenvalue weighted by Gasteiger charge is 2.28. The first-order chi connectivity index (χ1) is 30.6.